The van der Waals surface area contributed by atoms with E-state index in [9.17, 15) is 4.79 Å². The van der Waals surface area contributed by atoms with Crippen molar-refractivity contribution >= 4 is 11.4 Å². The fourth-order valence-corrected chi connectivity index (χ4v) is 3.59. The van der Waals surface area contributed by atoms with Crippen LogP contribution in [-0.2, 0) is 13.0 Å². The minimum absolute atomic E-state index is 0.157. The molecular weight excluding hydrogens is 308 g/mol. The normalized spacial score (nSPS) is 14.7. The van der Waals surface area contributed by atoms with Crippen LogP contribution in [0.4, 0.5) is 0 Å². The molecule has 0 saturated carbocycles. The second kappa shape index (κ2) is 7.24. The van der Waals surface area contributed by atoms with Crippen molar-refractivity contribution in [2.24, 2.45) is 0 Å². The molecule has 0 N–H and O–H groups in total. The summed E-state index contributed by atoms with van der Waals surface area (Å²) in [7, 11) is 2.12. The second-order valence-corrected chi connectivity index (χ2v) is 6.79. The summed E-state index contributed by atoms with van der Waals surface area (Å²) in [6.45, 7) is 7.56. The monoisotopic (exact) mass is 334 g/mol. The number of rotatable bonds is 5. The van der Waals surface area contributed by atoms with Gasteiger partial charge < -0.3 is 5.01 Å². The molecule has 1 aliphatic rings. The Balaban J connectivity index is 1.90. The first-order valence-corrected chi connectivity index (χ1v) is 8.86. The van der Waals surface area contributed by atoms with E-state index in [0.29, 0.717) is 0 Å². The molecule has 0 radical (unpaired) electrons. The van der Waals surface area contributed by atoms with Crippen LogP contribution in [0.5, 0.6) is 0 Å². The zero-order valence-electron chi connectivity index (χ0n) is 15.5. The minimum atomic E-state index is 0.157. The van der Waals surface area contributed by atoms with Crippen LogP contribution in [0, 0.1) is 6.92 Å². The van der Waals surface area contributed by atoms with Gasteiger partial charge in [0.1, 0.15) is 0 Å². The van der Waals surface area contributed by atoms with Gasteiger partial charge in [-0.3, -0.25) is 4.79 Å². The summed E-state index contributed by atoms with van der Waals surface area (Å²) in [4.78, 5) is 12.0. The molecule has 0 spiro atoms. The fourth-order valence-electron chi connectivity index (χ4n) is 3.59. The maximum atomic E-state index is 12.0. The van der Waals surface area contributed by atoms with Crippen molar-refractivity contribution in [3.63, 3.8) is 0 Å². The van der Waals surface area contributed by atoms with Gasteiger partial charge in [0.05, 0.1) is 6.54 Å². The molecule has 0 aliphatic carbocycles. The lowest BCUT2D eigenvalue weighted by atomic mass is 9.92. The zero-order chi connectivity index (χ0) is 18.0. The average Bonchev–Trinajstić information content (AvgIpc) is 2.95. The summed E-state index contributed by atoms with van der Waals surface area (Å²) in [5.41, 5.74) is 6.93. The van der Waals surface area contributed by atoms with Crippen LogP contribution in [0.3, 0.4) is 0 Å². The van der Waals surface area contributed by atoms with Gasteiger partial charge in [-0.15, -0.1) is 0 Å². The van der Waals surface area contributed by atoms with Crippen LogP contribution >= 0.6 is 0 Å². The van der Waals surface area contributed by atoms with Crippen molar-refractivity contribution in [3.8, 4) is 0 Å². The number of ketones is 1. The van der Waals surface area contributed by atoms with Crippen molar-refractivity contribution in [2.45, 2.75) is 33.7 Å². The Morgan fingerprint density at radius 1 is 1.16 bits per heavy atom. The predicted octanol–water partition coefficient (Wildman–Crippen LogP) is 4.46. The molecule has 3 nitrogen and oxygen atoms in total. The summed E-state index contributed by atoms with van der Waals surface area (Å²) in [6.07, 6.45) is 3.11. The first kappa shape index (κ1) is 17.4. The number of hydrazine groups is 1. The van der Waals surface area contributed by atoms with Crippen LogP contribution in [0.2, 0.25) is 0 Å². The van der Waals surface area contributed by atoms with E-state index in [1.807, 2.05) is 13.0 Å². The molecule has 0 aromatic heterocycles. The summed E-state index contributed by atoms with van der Waals surface area (Å²) >= 11 is 0. The molecule has 0 fully saturated rings. The van der Waals surface area contributed by atoms with Gasteiger partial charge in [0.25, 0.3) is 0 Å². The largest absolute Gasteiger partial charge is 0.308 e. The highest BCUT2D eigenvalue weighted by Crippen LogP contribution is 2.28. The Labute approximate surface area is 150 Å². The van der Waals surface area contributed by atoms with E-state index in [0.717, 1.165) is 36.2 Å². The highest BCUT2D eigenvalue weighted by atomic mass is 16.1. The average molecular weight is 334 g/mol. The van der Waals surface area contributed by atoms with E-state index in [2.05, 4.69) is 66.6 Å². The van der Waals surface area contributed by atoms with Gasteiger partial charge in [0.15, 0.2) is 5.78 Å². The van der Waals surface area contributed by atoms with E-state index >= 15 is 0 Å². The van der Waals surface area contributed by atoms with Crippen molar-refractivity contribution < 1.29 is 4.79 Å². The summed E-state index contributed by atoms with van der Waals surface area (Å²) in [5.74, 6) is 0.157. The zero-order valence-corrected chi connectivity index (χ0v) is 15.5. The topological polar surface area (TPSA) is 23.6 Å². The highest BCUT2D eigenvalue weighted by Gasteiger charge is 2.21. The first-order valence-electron chi connectivity index (χ1n) is 8.86. The third kappa shape index (κ3) is 3.67. The Morgan fingerprint density at radius 3 is 2.52 bits per heavy atom. The maximum Gasteiger partial charge on any atom is 0.160 e. The number of benzene rings is 2. The van der Waals surface area contributed by atoms with Crippen LogP contribution in [0.1, 0.15) is 46.5 Å². The lowest BCUT2D eigenvalue weighted by molar-refractivity contribution is 0.0764. The van der Waals surface area contributed by atoms with E-state index < -0.39 is 0 Å². The summed E-state index contributed by atoms with van der Waals surface area (Å²) in [5, 5.41) is 4.49. The SMILES string of the molecule is CCc1cc(C2=CN(Cc3ccccc3)N(C)C2)cc(C)c1C(C)=O. The number of nitrogens with zero attached hydrogens (tertiary/aromatic N) is 2. The molecule has 2 aromatic rings. The van der Waals surface area contributed by atoms with Crippen molar-refractivity contribution in [1.29, 1.82) is 0 Å². The molecule has 25 heavy (non-hydrogen) atoms. The summed E-state index contributed by atoms with van der Waals surface area (Å²) < 4.78 is 0. The Morgan fingerprint density at radius 2 is 1.88 bits per heavy atom. The van der Waals surface area contributed by atoms with Crippen molar-refractivity contribution in [3.05, 3.63) is 76.5 Å². The minimum Gasteiger partial charge on any atom is -0.308 e. The van der Waals surface area contributed by atoms with Gasteiger partial charge in [-0.2, -0.15) is 0 Å². The molecule has 130 valence electrons. The third-order valence-electron chi connectivity index (χ3n) is 4.85. The second-order valence-electron chi connectivity index (χ2n) is 6.79. The molecule has 0 atom stereocenters. The maximum absolute atomic E-state index is 12.0. The fraction of sp³-hybridized carbons (Fsp3) is 0.318. The Hall–Kier alpha value is -2.39. The smallest absolute Gasteiger partial charge is 0.160 e. The van der Waals surface area contributed by atoms with Crippen molar-refractivity contribution in [1.82, 2.24) is 10.0 Å². The van der Waals surface area contributed by atoms with Gasteiger partial charge >= 0.3 is 0 Å². The molecule has 3 rings (SSSR count). The predicted molar refractivity (Wildman–Crippen MR) is 103 cm³/mol. The molecule has 0 saturated heterocycles. The summed E-state index contributed by atoms with van der Waals surface area (Å²) in [6, 6.07) is 14.9. The van der Waals surface area contributed by atoms with E-state index in [1.54, 1.807) is 6.92 Å². The number of carbonyl (C=O) groups is 1. The van der Waals surface area contributed by atoms with E-state index in [4.69, 9.17) is 0 Å². The van der Waals surface area contributed by atoms with Gasteiger partial charge in [-0.05, 0) is 48.1 Å². The van der Waals surface area contributed by atoms with Gasteiger partial charge in [-0.1, -0.05) is 49.4 Å². The highest BCUT2D eigenvalue weighted by molar-refractivity contribution is 5.97. The third-order valence-corrected chi connectivity index (χ3v) is 4.85. The quantitative estimate of drug-likeness (QED) is 0.754. The van der Waals surface area contributed by atoms with Crippen LogP contribution < -0.4 is 0 Å². The number of carbonyl (C=O) groups excluding carboxylic acids is 1. The molecule has 0 amide bonds. The van der Waals surface area contributed by atoms with Crippen molar-refractivity contribution in [2.75, 3.05) is 13.6 Å². The van der Waals surface area contributed by atoms with Crippen LogP contribution in [-0.4, -0.2) is 29.4 Å². The number of hydrogen-bond acceptors (Lipinski definition) is 3. The van der Waals surface area contributed by atoms with E-state index in [-0.39, 0.29) is 5.78 Å². The molecule has 0 bridgehead atoms. The molecular formula is C22H26N2O. The van der Waals surface area contributed by atoms with Crippen LogP contribution in [0.15, 0.2) is 48.7 Å². The number of Topliss-reactive ketones (excluding diaryl/α,β-unsaturated/α-hetero) is 1. The molecule has 1 aliphatic heterocycles. The lowest BCUT2D eigenvalue weighted by Crippen LogP contribution is -2.30. The number of hydrogen-bond donors (Lipinski definition) is 0. The molecule has 2 aromatic carbocycles. The molecule has 3 heteroatoms. The number of aryl methyl sites for hydroxylation is 2. The lowest BCUT2D eigenvalue weighted by Gasteiger charge is -2.24. The van der Waals surface area contributed by atoms with Crippen LogP contribution in [0.25, 0.3) is 5.57 Å². The van der Waals surface area contributed by atoms with Gasteiger partial charge in [0, 0.05) is 25.4 Å². The first-order chi connectivity index (χ1) is 12.0. The molecule has 0 unspecified atom stereocenters. The molecule has 1 heterocycles. The van der Waals surface area contributed by atoms with Gasteiger partial charge in [-0.25, -0.2) is 5.01 Å². The van der Waals surface area contributed by atoms with Gasteiger partial charge in [0.2, 0.25) is 0 Å². The number of likely N-dealkylation sites (N-methyl/N-ethyl adjacent to an activating group) is 1. The Kier molecular flexibility index (Phi) is 5.05. The standard InChI is InChI=1S/C22H26N2O/c1-5-19-12-20(11-16(2)22(19)17(3)25)21-14-23(4)24(15-21)13-18-9-7-6-8-10-18/h6-12,15H,5,13-14H2,1-4H3. The Bertz CT molecular complexity index is 808. The van der Waals surface area contributed by atoms with E-state index in [1.165, 1.54) is 16.7 Å².